The molecule has 1 fully saturated rings. The number of fused-ring (bicyclic) bond motifs is 1. The molecule has 1 aliphatic heterocycles. The third-order valence-corrected chi connectivity index (χ3v) is 5.31. The van der Waals surface area contributed by atoms with E-state index in [4.69, 9.17) is 0 Å². The summed E-state index contributed by atoms with van der Waals surface area (Å²) >= 11 is 0. The zero-order valence-corrected chi connectivity index (χ0v) is 15.5. The van der Waals surface area contributed by atoms with E-state index >= 15 is 0 Å². The van der Waals surface area contributed by atoms with Gasteiger partial charge in [-0.2, -0.15) is 0 Å². The number of nitrogens with zero attached hydrogens (tertiary/aromatic N) is 1. The molecule has 0 saturated carbocycles. The number of carbonyl (C=O) groups is 2. The third-order valence-electron chi connectivity index (χ3n) is 5.31. The standard InChI is InChI=1S/C23H22N2O2/c1-15-7-10-21(11-16(15)2)25-14-19(13-22(25)26)23(27)24-20-9-8-17-5-3-4-6-18(17)12-20/h3-12,19H,13-14H2,1-2H3,(H,24,27)/t19-/m1/s1. The van der Waals surface area contributed by atoms with E-state index in [0.29, 0.717) is 6.54 Å². The highest BCUT2D eigenvalue weighted by Crippen LogP contribution is 2.28. The molecular weight excluding hydrogens is 336 g/mol. The van der Waals surface area contributed by atoms with Crippen LogP contribution in [0.3, 0.4) is 0 Å². The molecule has 0 unspecified atom stereocenters. The van der Waals surface area contributed by atoms with Gasteiger partial charge in [-0.05, 0) is 60.0 Å². The summed E-state index contributed by atoms with van der Waals surface area (Å²) in [6.45, 7) is 4.49. The topological polar surface area (TPSA) is 49.4 Å². The lowest BCUT2D eigenvalue weighted by Gasteiger charge is -2.18. The average Bonchev–Trinajstić information content (AvgIpc) is 3.06. The van der Waals surface area contributed by atoms with Crippen molar-refractivity contribution < 1.29 is 9.59 Å². The molecule has 4 heteroatoms. The van der Waals surface area contributed by atoms with Gasteiger partial charge in [-0.15, -0.1) is 0 Å². The second-order valence-corrected chi connectivity index (χ2v) is 7.23. The van der Waals surface area contributed by atoms with Gasteiger partial charge in [0.2, 0.25) is 11.8 Å². The van der Waals surface area contributed by atoms with Gasteiger partial charge in [-0.25, -0.2) is 0 Å². The summed E-state index contributed by atoms with van der Waals surface area (Å²) in [6.07, 6.45) is 0.242. The Labute approximate surface area is 158 Å². The van der Waals surface area contributed by atoms with Crippen LogP contribution in [0.4, 0.5) is 11.4 Å². The van der Waals surface area contributed by atoms with E-state index in [9.17, 15) is 9.59 Å². The summed E-state index contributed by atoms with van der Waals surface area (Å²) in [7, 11) is 0. The molecule has 27 heavy (non-hydrogen) atoms. The number of amides is 2. The van der Waals surface area contributed by atoms with E-state index < -0.39 is 0 Å². The fourth-order valence-electron chi connectivity index (χ4n) is 3.54. The molecule has 1 atom stereocenters. The van der Waals surface area contributed by atoms with Crippen LogP contribution < -0.4 is 10.2 Å². The molecule has 2 amide bonds. The van der Waals surface area contributed by atoms with Crippen LogP contribution >= 0.6 is 0 Å². The van der Waals surface area contributed by atoms with Crippen LogP contribution in [0.2, 0.25) is 0 Å². The lowest BCUT2D eigenvalue weighted by atomic mass is 10.1. The molecule has 3 aromatic carbocycles. The van der Waals surface area contributed by atoms with Crippen LogP contribution in [-0.4, -0.2) is 18.4 Å². The van der Waals surface area contributed by atoms with Gasteiger partial charge in [0.25, 0.3) is 0 Å². The highest BCUT2D eigenvalue weighted by atomic mass is 16.2. The van der Waals surface area contributed by atoms with E-state index in [1.165, 1.54) is 5.56 Å². The number of nitrogens with one attached hydrogen (secondary N) is 1. The van der Waals surface area contributed by atoms with Crippen molar-refractivity contribution in [3.63, 3.8) is 0 Å². The SMILES string of the molecule is Cc1ccc(N2C[C@H](C(=O)Nc3ccc4ccccc4c3)CC2=O)cc1C. The highest BCUT2D eigenvalue weighted by molar-refractivity contribution is 6.04. The van der Waals surface area contributed by atoms with Crippen molar-refractivity contribution in [1.29, 1.82) is 0 Å². The van der Waals surface area contributed by atoms with Gasteiger partial charge in [-0.1, -0.05) is 36.4 Å². The van der Waals surface area contributed by atoms with Gasteiger partial charge < -0.3 is 10.2 Å². The van der Waals surface area contributed by atoms with Gasteiger partial charge >= 0.3 is 0 Å². The molecule has 4 nitrogen and oxygen atoms in total. The van der Waals surface area contributed by atoms with E-state index in [-0.39, 0.29) is 24.2 Å². The van der Waals surface area contributed by atoms with E-state index in [2.05, 4.69) is 5.32 Å². The lowest BCUT2D eigenvalue weighted by molar-refractivity contribution is -0.122. The summed E-state index contributed by atoms with van der Waals surface area (Å²) in [5.41, 5.74) is 3.96. The maximum Gasteiger partial charge on any atom is 0.229 e. The fourth-order valence-corrected chi connectivity index (χ4v) is 3.54. The predicted molar refractivity (Wildman–Crippen MR) is 109 cm³/mol. The van der Waals surface area contributed by atoms with E-state index in [0.717, 1.165) is 27.7 Å². The number of anilines is 2. The molecule has 136 valence electrons. The molecule has 1 N–H and O–H groups in total. The average molecular weight is 358 g/mol. The minimum absolute atomic E-state index is 0.00286. The van der Waals surface area contributed by atoms with Crippen LogP contribution in [0.25, 0.3) is 10.8 Å². The number of benzene rings is 3. The maximum atomic E-state index is 12.7. The van der Waals surface area contributed by atoms with Crippen LogP contribution in [0.5, 0.6) is 0 Å². The largest absolute Gasteiger partial charge is 0.326 e. The first kappa shape index (κ1) is 17.3. The van der Waals surface area contributed by atoms with Crippen molar-refractivity contribution in [3.8, 4) is 0 Å². The molecule has 0 aliphatic carbocycles. The third kappa shape index (κ3) is 3.43. The summed E-state index contributed by atoms with van der Waals surface area (Å²) < 4.78 is 0. The minimum atomic E-state index is -0.342. The summed E-state index contributed by atoms with van der Waals surface area (Å²) in [6, 6.07) is 19.9. The Bertz CT molecular complexity index is 1040. The van der Waals surface area contributed by atoms with Crippen molar-refractivity contribution in [2.75, 3.05) is 16.8 Å². The molecule has 1 aliphatic rings. The van der Waals surface area contributed by atoms with Gasteiger partial charge in [0, 0.05) is 24.3 Å². The van der Waals surface area contributed by atoms with Crippen molar-refractivity contribution in [1.82, 2.24) is 0 Å². The number of hydrogen-bond donors (Lipinski definition) is 1. The molecule has 0 radical (unpaired) electrons. The number of carbonyl (C=O) groups excluding carboxylic acids is 2. The molecule has 0 bridgehead atoms. The van der Waals surface area contributed by atoms with Gasteiger partial charge in [-0.3, -0.25) is 9.59 Å². The first-order valence-corrected chi connectivity index (χ1v) is 9.18. The first-order valence-electron chi connectivity index (χ1n) is 9.18. The second-order valence-electron chi connectivity index (χ2n) is 7.23. The first-order chi connectivity index (χ1) is 13.0. The Morgan fingerprint density at radius 2 is 1.74 bits per heavy atom. The predicted octanol–water partition coefficient (Wildman–Crippen LogP) is 4.45. The van der Waals surface area contributed by atoms with Gasteiger partial charge in [0.15, 0.2) is 0 Å². The summed E-state index contributed by atoms with van der Waals surface area (Å²) in [4.78, 5) is 26.9. The monoisotopic (exact) mass is 358 g/mol. The van der Waals surface area contributed by atoms with Crippen molar-refractivity contribution in [3.05, 3.63) is 71.8 Å². The van der Waals surface area contributed by atoms with Gasteiger partial charge in [0.05, 0.1) is 5.92 Å². The Balaban J connectivity index is 1.49. The fraction of sp³-hybridized carbons (Fsp3) is 0.217. The molecular formula is C23H22N2O2. The van der Waals surface area contributed by atoms with Gasteiger partial charge in [0.1, 0.15) is 0 Å². The summed E-state index contributed by atoms with van der Waals surface area (Å²) in [5.74, 6) is -0.451. The normalized spacial score (nSPS) is 16.7. The number of aryl methyl sites for hydroxylation is 2. The van der Waals surface area contributed by atoms with Crippen molar-refractivity contribution >= 4 is 34.0 Å². The van der Waals surface area contributed by atoms with Crippen LogP contribution in [-0.2, 0) is 9.59 Å². The maximum absolute atomic E-state index is 12.7. The van der Waals surface area contributed by atoms with Crippen molar-refractivity contribution in [2.45, 2.75) is 20.3 Å². The number of rotatable bonds is 3. The van der Waals surface area contributed by atoms with E-state index in [1.807, 2.05) is 74.5 Å². The molecule has 4 rings (SSSR count). The van der Waals surface area contributed by atoms with Crippen molar-refractivity contribution in [2.24, 2.45) is 5.92 Å². The molecule has 1 saturated heterocycles. The molecule has 3 aromatic rings. The zero-order chi connectivity index (χ0) is 19.0. The zero-order valence-electron chi connectivity index (χ0n) is 15.5. The van der Waals surface area contributed by atoms with Crippen LogP contribution in [0.1, 0.15) is 17.5 Å². The molecule has 0 spiro atoms. The molecule has 0 aromatic heterocycles. The minimum Gasteiger partial charge on any atom is -0.326 e. The second kappa shape index (κ2) is 6.88. The summed E-state index contributed by atoms with van der Waals surface area (Å²) in [5, 5.41) is 5.18. The van der Waals surface area contributed by atoms with Crippen LogP contribution in [0, 0.1) is 19.8 Å². The lowest BCUT2D eigenvalue weighted by Crippen LogP contribution is -2.28. The Kier molecular flexibility index (Phi) is 4.40. The Morgan fingerprint density at radius 1 is 0.963 bits per heavy atom. The Morgan fingerprint density at radius 3 is 2.52 bits per heavy atom. The highest BCUT2D eigenvalue weighted by Gasteiger charge is 2.35. The van der Waals surface area contributed by atoms with E-state index in [1.54, 1.807) is 4.90 Å². The smallest absolute Gasteiger partial charge is 0.229 e. The Hall–Kier alpha value is -3.14. The molecule has 1 heterocycles. The number of hydrogen-bond acceptors (Lipinski definition) is 2. The van der Waals surface area contributed by atoms with Crippen LogP contribution in [0.15, 0.2) is 60.7 Å². The quantitative estimate of drug-likeness (QED) is 0.752.